The van der Waals surface area contributed by atoms with Crippen LogP contribution in [0, 0.1) is 5.82 Å². The highest BCUT2D eigenvalue weighted by Gasteiger charge is 2.19. The van der Waals surface area contributed by atoms with E-state index < -0.39 is 5.82 Å². The Balaban J connectivity index is 2.96. The fourth-order valence-corrected chi connectivity index (χ4v) is 1.90. The Morgan fingerprint density at radius 1 is 1.41 bits per heavy atom. The molecule has 17 heavy (non-hydrogen) atoms. The molecule has 0 spiro atoms. The van der Waals surface area contributed by atoms with Gasteiger partial charge in [0.15, 0.2) is 5.82 Å². The second kappa shape index (κ2) is 6.82. The molecule has 1 aromatic rings. The number of amides is 1. The lowest BCUT2D eigenvalue weighted by molar-refractivity contribution is 0.0761. The zero-order valence-electron chi connectivity index (χ0n) is 9.55. The van der Waals surface area contributed by atoms with Gasteiger partial charge in [-0.05, 0) is 18.6 Å². The van der Waals surface area contributed by atoms with Crippen molar-refractivity contribution >= 4 is 29.1 Å². The Labute approximate surface area is 110 Å². The van der Waals surface area contributed by atoms with E-state index in [2.05, 4.69) is 0 Å². The molecule has 94 valence electrons. The minimum Gasteiger partial charge on any atom is -0.337 e. The van der Waals surface area contributed by atoms with Crippen molar-refractivity contribution < 1.29 is 9.18 Å². The van der Waals surface area contributed by atoms with Gasteiger partial charge in [-0.2, -0.15) is 0 Å². The van der Waals surface area contributed by atoms with Gasteiger partial charge in [0.05, 0.1) is 10.6 Å². The Morgan fingerprint density at radius 3 is 2.71 bits per heavy atom. The average Bonchev–Trinajstić information content (AvgIpc) is 2.31. The fraction of sp³-hybridized carbons (Fsp3) is 0.417. The van der Waals surface area contributed by atoms with Crippen LogP contribution >= 0.6 is 23.2 Å². The molecular formula is C12H14Cl2FNO. The molecule has 0 aromatic heterocycles. The second-order valence-corrected chi connectivity index (χ2v) is 4.37. The monoisotopic (exact) mass is 277 g/mol. The van der Waals surface area contributed by atoms with Crippen LogP contribution in [0.2, 0.25) is 5.02 Å². The number of nitrogens with zero attached hydrogens (tertiary/aromatic N) is 1. The lowest BCUT2D eigenvalue weighted by atomic mass is 10.2. The van der Waals surface area contributed by atoms with Gasteiger partial charge in [0.2, 0.25) is 0 Å². The summed E-state index contributed by atoms with van der Waals surface area (Å²) >= 11 is 11.3. The van der Waals surface area contributed by atoms with Crippen molar-refractivity contribution in [1.82, 2.24) is 4.90 Å². The highest BCUT2D eigenvalue weighted by Crippen LogP contribution is 2.19. The third-order valence-corrected chi connectivity index (χ3v) is 2.78. The molecule has 0 radical (unpaired) electrons. The summed E-state index contributed by atoms with van der Waals surface area (Å²) in [7, 11) is 0. The zero-order chi connectivity index (χ0) is 12.8. The van der Waals surface area contributed by atoms with E-state index in [4.69, 9.17) is 23.2 Å². The maximum atomic E-state index is 13.7. The molecule has 0 saturated carbocycles. The van der Waals surface area contributed by atoms with Crippen LogP contribution in [-0.4, -0.2) is 29.8 Å². The number of halogens is 3. The second-order valence-electron chi connectivity index (χ2n) is 3.58. The molecule has 0 fully saturated rings. The molecule has 0 saturated heterocycles. The van der Waals surface area contributed by atoms with Gasteiger partial charge in [0, 0.05) is 19.0 Å². The minimum atomic E-state index is -0.671. The van der Waals surface area contributed by atoms with Crippen LogP contribution in [-0.2, 0) is 0 Å². The number of carbonyl (C=O) groups excluding carboxylic acids is 1. The molecule has 1 rings (SSSR count). The van der Waals surface area contributed by atoms with E-state index in [-0.39, 0.29) is 16.5 Å². The Morgan fingerprint density at radius 2 is 2.12 bits per heavy atom. The quantitative estimate of drug-likeness (QED) is 0.754. The van der Waals surface area contributed by atoms with Gasteiger partial charge >= 0.3 is 0 Å². The van der Waals surface area contributed by atoms with Crippen molar-refractivity contribution in [3.63, 3.8) is 0 Å². The number of hydrogen-bond acceptors (Lipinski definition) is 1. The zero-order valence-corrected chi connectivity index (χ0v) is 11.1. The number of alkyl halides is 1. The van der Waals surface area contributed by atoms with Crippen molar-refractivity contribution in [2.45, 2.75) is 13.3 Å². The molecule has 0 atom stereocenters. The summed E-state index contributed by atoms with van der Waals surface area (Å²) in [6.07, 6.45) is 0.796. The summed E-state index contributed by atoms with van der Waals surface area (Å²) in [6.45, 7) is 2.90. The molecule has 0 N–H and O–H groups in total. The first kappa shape index (κ1) is 14.3. The normalized spacial score (nSPS) is 10.4. The van der Waals surface area contributed by atoms with E-state index in [0.717, 1.165) is 6.42 Å². The smallest absolute Gasteiger partial charge is 0.256 e. The molecule has 0 aliphatic rings. The SMILES string of the molecule is CCCN(CCCl)C(=O)c1cccc(Cl)c1F. The van der Waals surface area contributed by atoms with E-state index in [9.17, 15) is 9.18 Å². The van der Waals surface area contributed by atoms with Gasteiger partial charge in [0.25, 0.3) is 5.91 Å². The van der Waals surface area contributed by atoms with Crippen molar-refractivity contribution in [3.8, 4) is 0 Å². The van der Waals surface area contributed by atoms with Crippen LogP contribution < -0.4 is 0 Å². The van der Waals surface area contributed by atoms with E-state index in [1.807, 2.05) is 6.92 Å². The number of hydrogen-bond donors (Lipinski definition) is 0. The first-order chi connectivity index (χ1) is 8.11. The van der Waals surface area contributed by atoms with Gasteiger partial charge in [-0.1, -0.05) is 24.6 Å². The minimum absolute atomic E-state index is 0.00364. The topological polar surface area (TPSA) is 20.3 Å². The molecule has 1 amide bonds. The highest BCUT2D eigenvalue weighted by molar-refractivity contribution is 6.31. The first-order valence-electron chi connectivity index (χ1n) is 5.41. The van der Waals surface area contributed by atoms with E-state index >= 15 is 0 Å². The van der Waals surface area contributed by atoms with Gasteiger partial charge in [0.1, 0.15) is 0 Å². The summed E-state index contributed by atoms with van der Waals surface area (Å²) < 4.78 is 13.7. The molecule has 0 aliphatic heterocycles. The van der Waals surface area contributed by atoms with Crippen LogP contribution in [0.1, 0.15) is 23.7 Å². The standard InChI is InChI=1S/C12H14Cl2FNO/c1-2-7-16(8-6-13)12(17)9-4-3-5-10(14)11(9)15/h3-5H,2,6-8H2,1H3. The van der Waals surface area contributed by atoms with Crippen molar-refractivity contribution in [2.75, 3.05) is 19.0 Å². The Hall–Kier alpha value is -0.800. The van der Waals surface area contributed by atoms with Crippen LogP contribution in [0.5, 0.6) is 0 Å². The van der Waals surface area contributed by atoms with Crippen molar-refractivity contribution in [2.24, 2.45) is 0 Å². The summed E-state index contributed by atoms with van der Waals surface area (Å²) in [4.78, 5) is 13.6. The lowest BCUT2D eigenvalue weighted by Crippen LogP contribution is -2.34. The van der Waals surface area contributed by atoms with Gasteiger partial charge < -0.3 is 4.90 Å². The molecule has 1 aromatic carbocycles. The summed E-state index contributed by atoms with van der Waals surface area (Å²) in [5.74, 6) is -0.712. The summed E-state index contributed by atoms with van der Waals surface area (Å²) in [5, 5.41) is -0.0434. The molecule has 0 heterocycles. The Bertz CT molecular complexity index is 392. The van der Waals surface area contributed by atoms with E-state index in [0.29, 0.717) is 19.0 Å². The van der Waals surface area contributed by atoms with Crippen molar-refractivity contribution in [1.29, 1.82) is 0 Å². The lowest BCUT2D eigenvalue weighted by Gasteiger charge is -2.21. The molecule has 0 unspecified atom stereocenters. The van der Waals surface area contributed by atoms with Gasteiger partial charge in [-0.3, -0.25) is 4.79 Å². The Kier molecular flexibility index (Phi) is 5.72. The third-order valence-electron chi connectivity index (χ3n) is 2.32. The first-order valence-corrected chi connectivity index (χ1v) is 6.32. The predicted octanol–water partition coefficient (Wildman–Crippen LogP) is 3.57. The molecular weight excluding hydrogens is 264 g/mol. The maximum Gasteiger partial charge on any atom is 0.256 e. The molecule has 0 bridgehead atoms. The van der Waals surface area contributed by atoms with Crippen LogP contribution in [0.15, 0.2) is 18.2 Å². The predicted molar refractivity (Wildman–Crippen MR) is 68.3 cm³/mol. The largest absolute Gasteiger partial charge is 0.337 e. The third kappa shape index (κ3) is 3.58. The van der Waals surface area contributed by atoms with Gasteiger partial charge in [-0.15, -0.1) is 11.6 Å². The molecule has 5 heteroatoms. The van der Waals surface area contributed by atoms with Gasteiger partial charge in [-0.25, -0.2) is 4.39 Å². The number of rotatable bonds is 5. The highest BCUT2D eigenvalue weighted by atomic mass is 35.5. The fourth-order valence-electron chi connectivity index (χ4n) is 1.53. The number of benzene rings is 1. The van der Waals surface area contributed by atoms with Crippen LogP contribution in [0.4, 0.5) is 4.39 Å². The molecule has 0 aliphatic carbocycles. The molecule has 2 nitrogen and oxygen atoms in total. The van der Waals surface area contributed by atoms with Crippen LogP contribution in [0.25, 0.3) is 0 Å². The summed E-state index contributed by atoms with van der Waals surface area (Å²) in [6, 6.07) is 4.41. The summed E-state index contributed by atoms with van der Waals surface area (Å²) in [5.41, 5.74) is -0.00364. The van der Waals surface area contributed by atoms with Crippen molar-refractivity contribution in [3.05, 3.63) is 34.6 Å². The van der Waals surface area contributed by atoms with Crippen LogP contribution in [0.3, 0.4) is 0 Å². The van der Waals surface area contributed by atoms with E-state index in [1.165, 1.54) is 17.0 Å². The average molecular weight is 278 g/mol. The van der Waals surface area contributed by atoms with E-state index in [1.54, 1.807) is 6.07 Å². The number of carbonyl (C=O) groups is 1. The maximum absolute atomic E-state index is 13.7.